The number of nitrogens with zero attached hydrogens (tertiary/aromatic N) is 1. The van der Waals surface area contributed by atoms with Crippen molar-refractivity contribution in [2.45, 2.75) is 6.61 Å². The molecule has 3 rings (SSSR count). The Hall–Kier alpha value is -3.18. The summed E-state index contributed by atoms with van der Waals surface area (Å²) in [6, 6.07) is 22.8. The highest BCUT2D eigenvalue weighted by atomic mass is 19.1. The van der Waals surface area contributed by atoms with Gasteiger partial charge in [0.15, 0.2) is 0 Å². The smallest absolute Gasteiger partial charge is 0.261 e. The Kier molecular flexibility index (Phi) is 5.39. The van der Waals surface area contributed by atoms with Crippen LogP contribution in [-0.4, -0.2) is 16.2 Å². The van der Waals surface area contributed by atoms with Crippen molar-refractivity contribution in [3.8, 4) is 5.75 Å². The van der Waals surface area contributed by atoms with E-state index >= 15 is 0 Å². The Morgan fingerprint density at radius 2 is 1.56 bits per heavy atom. The zero-order chi connectivity index (χ0) is 17.5. The van der Waals surface area contributed by atoms with Crippen LogP contribution in [0.3, 0.4) is 0 Å². The molecular formula is C20H17FNO3+. The van der Waals surface area contributed by atoms with Crippen molar-refractivity contribution in [1.29, 1.82) is 0 Å². The molecule has 0 aliphatic heterocycles. The Bertz CT molecular complexity index is 831. The minimum atomic E-state index is -0.360. The molecule has 0 amide bonds. The van der Waals surface area contributed by atoms with Crippen molar-refractivity contribution in [1.82, 2.24) is 0 Å². The summed E-state index contributed by atoms with van der Waals surface area (Å²) in [4.78, 5) is 4.34. The SMILES string of the molecule is OO[N+](=Cc1ccc(OCc2ccccc2)cc1)c1ccc(F)cc1. The van der Waals surface area contributed by atoms with E-state index in [4.69, 9.17) is 9.99 Å². The number of hydrogen-bond donors (Lipinski definition) is 1. The summed E-state index contributed by atoms with van der Waals surface area (Å²) in [6.45, 7) is 0.491. The van der Waals surface area contributed by atoms with Crippen molar-refractivity contribution in [3.05, 3.63) is 95.8 Å². The lowest BCUT2D eigenvalue weighted by atomic mass is 10.2. The molecule has 0 atom stereocenters. The zero-order valence-electron chi connectivity index (χ0n) is 13.4. The lowest BCUT2D eigenvalue weighted by Gasteiger charge is -2.06. The van der Waals surface area contributed by atoms with Crippen molar-refractivity contribution >= 4 is 11.9 Å². The molecule has 0 radical (unpaired) electrons. The van der Waals surface area contributed by atoms with E-state index < -0.39 is 0 Å². The second kappa shape index (κ2) is 8.08. The number of ether oxygens (including phenoxy) is 1. The number of rotatable bonds is 6. The van der Waals surface area contributed by atoms with Gasteiger partial charge >= 0.3 is 0 Å². The average Bonchev–Trinajstić information content (AvgIpc) is 2.67. The Labute approximate surface area is 144 Å². The first-order chi connectivity index (χ1) is 12.2. The lowest BCUT2D eigenvalue weighted by molar-refractivity contribution is -0.819. The molecule has 3 aromatic rings. The summed E-state index contributed by atoms with van der Waals surface area (Å²) in [5.41, 5.74) is 2.37. The fourth-order valence-corrected chi connectivity index (χ4v) is 2.26. The summed E-state index contributed by atoms with van der Waals surface area (Å²) in [5, 5.41) is 9.05. The van der Waals surface area contributed by atoms with Crippen LogP contribution in [0.25, 0.3) is 0 Å². The highest BCUT2D eigenvalue weighted by molar-refractivity contribution is 5.76. The highest BCUT2D eigenvalue weighted by Gasteiger charge is 2.12. The minimum absolute atomic E-state index is 0.360. The molecule has 0 saturated carbocycles. The summed E-state index contributed by atoms with van der Waals surface area (Å²) < 4.78 is 19.8. The summed E-state index contributed by atoms with van der Waals surface area (Å²) in [7, 11) is 0. The average molecular weight is 338 g/mol. The van der Waals surface area contributed by atoms with Gasteiger partial charge in [0, 0.05) is 17.7 Å². The van der Waals surface area contributed by atoms with E-state index in [9.17, 15) is 4.39 Å². The Morgan fingerprint density at radius 1 is 0.880 bits per heavy atom. The van der Waals surface area contributed by atoms with Crippen LogP contribution in [0.1, 0.15) is 11.1 Å². The van der Waals surface area contributed by atoms with E-state index in [0.717, 1.165) is 21.6 Å². The standard InChI is InChI=1S/C20H16FNO3/c21-18-8-10-19(11-9-18)22(25-23)14-16-6-12-20(13-7-16)24-15-17-4-2-1-3-5-17/h1-14H,15H2/p+1. The molecule has 1 N–H and O–H groups in total. The van der Waals surface area contributed by atoms with Gasteiger partial charge in [-0.3, -0.25) is 0 Å². The maximum Gasteiger partial charge on any atom is 0.261 e. The largest absolute Gasteiger partial charge is 0.489 e. The molecule has 25 heavy (non-hydrogen) atoms. The molecule has 0 unspecified atom stereocenters. The van der Waals surface area contributed by atoms with Gasteiger partial charge < -0.3 is 4.74 Å². The van der Waals surface area contributed by atoms with Crippen LogP contribution in [0, 0.1) is 5.82 Å². The predicted molar refractivity (Wildman–Crippen MR) is 92.4 cm³/mol. The second-order valence-electron chi connectivity index (χ2n) is 5.36. The molecule has 0 aromatic heterocycles. The van der Waals surface area contributed by atoms with Gasteiger partial charge in [-0.05, 0) is 42.0 Å². The highest BCUT2D eigenvalue weighted by Crippen LogP contribution is 2.16. The first-order valence-electron chi connectivity index (χ1n) is 7.72. The van der Waals surface area contributed by atoms with Crippen LogP contribution in [0.2, 0.25) is 0 Å². The Balaban J connectivity index is 1.69. The normalized spacial score (nSPS) is 11.2. The molecule has 0 heterocycles. The fraction of sp³-hybridized carbons (Fsp3) is 0.0500. The van der Waals surface area contributed by atoms with Crippen LogP contribution in [0.4, 0.5) is 10.1 Å². The minimum Gasteiger partial charge on any atom is -0.489 e. The quantitative estimate of drug-likeness (QED) is 0.310. The molecular weight excluding hydrogens is 321 g/mol. The molecule has 3 aromatic carbocycles. The molecule has 0 aliphatic rings. The van der Waals surface area contributed by atoms with E-state index in [1.165, 1.54) is 24.3 Å². The van der Waals surface area contributed by atoms with E-state index in [1.54, 1.807) is 6.21 Å². The summed E-state index contributed by atoms with van der Waals surface area (Å²) in [5.74, 6) is 0.376. The zero-order valence-corrected chi connectivity index (χ0v) is 13.4. The summed E-state index contributed by atoms with van der Waals surface area (Å²) >= 11 is 0. The Morgan fingerprint density at radius 3 is 2.20 bits per heavy atom. The molecule has 0 spiro atoms. The van der Waals surface area contributed by atoms with Crippen LogP contribution in [-0.2, 0) is 11.6 Å². The van der Waals surface area contributed by atoms with Gasteiger partial charge in [-0.2, -0.15) is 0 Å². The van der Waals surface area contributed by atoms with Gasteiger partial charge in [-0.15, -0.1) is 5.26 Å². The third kappa shape index (κ3) is 4.65. The lowest BCUT2D eigenvalue weighted by Crippen LogP contribution is -2.06. The second-order valence-corrected chi connectivity index (χ2v) is 5.36. The molecule has 0 saturated heterocycles. The van der Waals surface area contributed by atoms with Crippen LogP contribution in [0.15, 0.2) is 78.9 Å². The molecule has 4 nitrogen and oxygen atoms in total. The number of halogens is 1. The molecule has 0 aliphatic carbocycles. The first-order valence-corrected chi connectivity index (χ1v) is 7.72. The molecule has 126 valence electrons. The van der Waals surface area contributed by atoms with Gasteiger partial charge in [0.05, 0.1) is 4.74 Å². The van der Waals surface area contributed by atoms with Crippen LogP contribution >= 0.6 is 0 Å². The predicted octanol–water partition coefficient (Wildman–Crippen LogP) is 4.57. The van der Waals surface area contributed by atoms with Gasteiger partial charge in [-0.25, -0.2) is 4.39 Å². The van der Waals surface area contributed by atoms with Gasteiger partial charge in [0.1, 0.15) is 18.2 Å². The first kappa shape index (κ1) is 16.7. The monoisotopic (exact) mass is 338 g/mol. The number of benzene rings is 3. The van der Waals surface area contributed by atoms with Crippen LogP contribution in [0.5, 0.6) is 5.75 Å². The summed E-state index contributed by atoms with van der Waals surface area (Å²) in [6.07, 6.45) is 1.58. The third-order valence-electron chi connectivity index (χ3n) is 3.56. The van der Waals surface area contributed by atoms with Crippen molar-refractivity contribution < 1.29 is 24.1 Å². The van der Waals surface area contributed by atoms with E-state index in [0.29, 0.717) is 12.3 Å². The molecule has 0 bridgehead atoms. The van der Waals surface area contributed by atoms with Crippen molar-refractivity contribution in [2.75, 3.05) is 0 Å². The topological polar surface area (TPSA) is 41.7 Å². The maximum absolute atomic E-state index is 13.0. The molecule has 5 heteroatoms. The van der Waals surface area contributed by atoms with Gasteiger partial charge in [0.2, 0.25) is 6.21 Å². The molecule has 0 fully saturated rings. The van der Waals surface area contributed by atoms with E-state index in [2.05, 4.69) is 4.99 Å². The van der Waals surface area contributed by atoms with E-state index in [1.807, 2.05) is 54.6 Å². The van der Waals surface area contributed by atoms with Gasteiger partial charge in [0.25, 0.3) is 5.69 Å². The van der Waals surface area contributed by atoms with Crippen molar-refractivity contribution in [2.24, 2.45) is 0 Å². The van der Waals surface area contributed by atoms with E-state index in [-0.39, 0.29) is 5.82 Å². The number of hydrogen-bond acceptors (Lipinski definition) is 3. The van der Waals surface area contributed by atoms with Crippen LogP contribution < -0.4 is 4.74 Å². The maximum atomic E-state index is 13.0. The van der Waals surface area contributed by atoms with Gasteiger partial charge in [-0.1, -0.05) is 35.3 Å². The van der Waals surface area contributed by atoms with Crippen molar-refractivity contribution in [3.63, 3.8) is 0 Å². The fourth-order valence-electron chi connectivity index (χ4n) is 2.26. The third-order valence-corrected chi connectivity index (χ3v) is 3.56.